The van der Waals surface area contributed by atoms with Crippen LogP contribution in [-0.4, -0.2) is 35.9 Å². The topological polar surface area (TPSA) is 58.6 Å². The van der Waals surface area contributed by atoms with E-state index in [0.29, 0.717) is 17.9 Å². The van der Waals surface area contributed by atoms with Gasteiger partial charge < -0.3 is 15.0 Å². The van der Waals surface area contributed by atoms with E-state index in [1.54, 1.807) is 44.2 Å². The summed E-state index contributed by atoms with van der Waals surface area (Å²) in [6.07, 6.45) is 0. The van der Waals surface area contributed by atoms with Gasteiger partial charge in [0.2, 0.25) is 5.91 Å². The number of benzene rings is 2. The summed E-state index contributed by atoms with van der Waals surface area (Å²) in [5, 5.41) is 2.69. The molecule has 0 saturated carbocycles. The Balaban J connectivity index is 2.14. The smallest absolute Gasteiger partial charge is 0.261 e. The van der Waals surface area contributed by atoms with Gasteiger partial charge in [-0.2, -0.15) is 0 Å². The lowest BCUT2D eigenvalue weighted by Gasteiger charge is -2.28. The number of aryl methyl sites for hydroxylation is 1. The minimum absolute atomic E-state index is 0.0128. The minimum Gasteiger partial charge on any atom is -0.484 e. The van der Waals surface area contributed by atoms with Crippen molar-refractivity contribution in [1.82, 2.24) is 10.2 Å². The molecule has 0 spiro atoms. The van der Waals surface area contributed by atoms with Crippen molar-refractivity contribution in [2.75, 3.05) is 13.2 Å². The Morgan fingerprint density at radius 1 is 1.15 bits per heavy atom. The van der Waals surface area contributed by atoms with Gasteiger partial charge in [-0.25, -0.2) is 4.39 Å². The van der Waals surface area contributed by atoms with E-state index in [9.17, 15) is 14.0 Å². The SMILES string of the molecule is CCNC(=O)[C@H](C)N(Cc1ccccc1F)C(=O)COc1ccc(C)cc1. The first-order chi connectivity index (χ1) is 12.9. The second-order valence-corrected chi connectivity index (χ2v) is 6.29. The Labute approximate surface area is 159 Å². The van der Waals surface area contributed by atoms with Crippen LogP contribution in [0.25, 0.3) is 0 Å². The molecule has 1 atom stereocenters. The molecule has 0 aliphatic carbocycles. The molecule has 144 valence electrons. The zero-order chi connectivity index (χ0) is 19.8. The fraction of sp³-hybridized carbons (Fsp3) is 0.333. The van der Waals surface area contributed by atoms with Crippen molar-refractivity contribution < 1.29 is 18.7 Å². The quantitative estimate of drug-likeness (QED) is 0.775. The molecule has 0 aliphatic rings. The third-order valence-corrected chi connectivity index (χ3v) is 4.20. The summed E-state index contributed by atoms with van der Waals surface area (Å²) in [7, 11) is 0. The van der Waals surface area contributed by atoms with Crippen LogP contribution in [0, 0.1) is 12.7 Å². The van der Waals surface area contributed by atoms with Crippen LogP contribution in [0.5, 0.6) is 5.75 Å². The largest absolute Gasteiger partial charge is 0.484 e. The van der Waals surface area contributed by atoms with Gasteiger partial charge in [-0.1, -0.05) is 35.9 Å². The third-order valence-electron chi connectivity index (χ3n) is 4.20. The Kier molecular flexibility index (Phi) is 7.34. The second kappa shape index (κ2) is 9.71. The van der Waals surface area contributed by atoms with E-state index in [2.05, 4.69) is 5.32 Å². The molecule has 0 fully saturated rings. The molecule has 0 radical (unpaired) electrons. The standard InChI is InChI=1S/C21H25FN2O3/c1-4-23-21(26)16(3)24(13-17-7-5-6-8-19(17)22)20(25)14-27-18-11-9-15(2)10-12-18/h5-12,16H,4,13-14H2,1-3H3,(H,23,26)/t16-/m0/s1. The number of carbonyl (C=O) groups is 2. The Bertz CT molecular complexity index is 777. The Hall–Kier alpha value is -2.89. The molecule has 0 heterocycles. The van der Waals surface area contributed by atoms with E-state index >= 15 is 0 Å². The average Bonchev–Trinajstić information content (AvgIpc) is 2.66. The van der Waals surface area contributed by atoms with Crippen molar-refractivity contribution in [3.8, 4) is 5.75 Å². The second-order valence-electron chi connectivity index (χ2n) is 6.29. The number of rotatable bonds is 8. The minimum atomic E-state index is -0.751. The Morgan fingerprint density at radius 2 is 1.81 bits per heavy atom. The van der Waals surface area contributed by atoms with Crippen molar-refractivity contribution >= 4 is 11.8 Å². The highest BCUT2D eigenvalue weighted by Gasteiger charge is 2.26. The summed E-state index contributed by atoms with van der Waals surface area (Å²) in [5.74, 6) is -0.543. The van der Waals surface area contributed by atoms with Gasteiger partial charge in [0, 0.05) is 18.7 Å². The lowest BCUT2D eigenvalue weighted by molar-refractivity contribution is -0.142. The molecule has 1 N–H and O–H groups in total. The zero-order valence-electron chi connectivity index (χ0n) is 15.9. The normalized spacial score (nSPS) is 11.6. The molecule has 0 aromatic heterocycles. The molecule has 0 saturated heterocycles. The monoisotopic (exact) mass is 372 g/mol. The van der Waals surface area contributed by atoms with Crippen LogP contribution in [-0.2, 0) is 16.1 Å². The molecule has 2 aromatic rings. The maximum atomic E-state index is 14.0. The number of nitrogens with zero attached hydrogens (tertiary/aromatic N) is 1. The molecule has 27 heavy (non-hydrogen) atoms. The van der Waals surface area contributed by atoms with E-state index < -0.39 is 17.8 Å². The fourth-order valence-corrected chi connectivity index (χ4v) is 2.58. The first-order valence-electron chi connectivity index (χ1n) is 8.92. The Morgan fingerprint density at radius 3 is 2.44 bits per heavy atom. The summed E-state index contributed by atoms with van der Waals surface area (Å²) in [5.41, 5.74) is 1.43. The predicted molar refractivity (Wildman–Crippen MR) is 102 cm³/mol. The van der Waals surface area contributed by atoms with Crippen LogP contribution in [0.1, 0.15) is 25.0 Å². The number of halogens is 1. The van der Waals surface area contributed by atoms with Crippen LogP contribution in [0.2, 0.25) is 0 Å². The van der Waals surface area contributed by atoms with E-state index in [4.69, 9.17) is 4.74 Å². The fourth-order valence-electron chi connectivity index (χ4n) is 2.58. The van der Waals surface area contributed by atoms with E-state index in [1.165, 1.54) is 11.0 Å². The van der Waals surface area contributed by atoms with Crippen molar-refractivity contribution in [3.05, 3.63) is 65.5 Å². The summed E-state index contributed by atoms with van der Waals surface area (Å²) in [6.45, 7) is 5.58. The van der Waals surface area contributed by atoms with Crippen LogP contribution < -0.4 is 10.1 Å². The summed E-state index contributed by atoms with van der Waals surface area (Å²) >= 11 is 0. The predicted octanol–water partition coefficient (Wildman–Crippen LogP) is 3.07. The zero-order valence-corrected chi connectivity index (χ0v) is 15.9. The van der Waals surface area contributed by atoms with Gasteiger partial charge in [0.05, 0.1) is 0 Å². The number of ether oxygens (including phenoxy) is 1. The summed E-state index contributed by atoms with van der Waals surface area (Å²) < 4.78 is 19.6. The maximum Gasteiger partial charge on any atom is 0.261 e. The van der Waals surface area contributed by atoms with E-state index in [-0.39, 0.29) is 19.1 Å². The van der Waals surface area contributed by atoms with Gasteiger partial charge in [0.25, 0.3) is 5.91 Å². The first-order valence-corrected chi connectivity index (χ1v) is 8.92. The van der Waals surface area contributed by atoms with Crippen LogP contribution in [0.4, 0.5) is 4.39 Å². The van der Waals surface area contributed by atoms with Crippen LogP contribution in [0.3, 0.4) is 0 Å². The molecule has 0 bridgehead atoms. The van der Waals surface area contributed by atoms with Gasteiger partial charge in [0.15, 0.2) is 6.61 Å². The molecule has 2 aromatic carbocycles. The van der Waals surface area contributed by atoms with Crippen LogP contribution in [0.15, 0.2) is 48.5 Å². The number of likely N-dealkylation sites (N-methyl/N-ethyl adjacent to an activating group) is 1. The molecule has 5 nitrogen and oxygen atoms in total. The van der Waals surface area contributed by atoms with Gasteiger partial charge >= 0.3 is 0 Å². The summed E-state index contributed by atoms with van der Waals surface area (Å²) in [6, 6.07) is 12.8. The molecule has 6 heteroatoms. The summed E-state index contributed by atoms with van der Waals surface area (Å²) in [4.78, 5) is 26.3. The average molecular weight is 372 g/mol. The van der Waals surface area contributed by atoms with Crippen LogP contribution >= 0.6 is 0 Å². The molecular weight excluding hydrogens is 347 g/mol. The highest BCUT2D eigenvalue weighted by Crippen LogP contribution is 2.15. The number of hydrogen-bond donors (Lipinski definition) is 1. The molecular formula is C21H25FN2O3. The lowest BCUT2D eigenvalue weighted by atomic mass is 10.1. The van der Waals surface area contributed by atoms with Crippen molar-refractivity contribution in [3.63, 3.8) is 0 Å². The van der Waals surface area contributed by atoms with Crippen molar-refractivity contribution in [2.45, 2.75) is 33.4 Å². The van der Waals surface area contributed by atoms with Gasteiger partial charge in [-0.05, 0) is 39.0 Å². The van der Waals surface area contributed by atoms with Gasteiger partial charge in [-0.3, -0.25) is 9.59 Å². The van der Waals surface area contributed by atoms with Crippen molar-refractivity contribution in [1.29, 1.82) is 0 Å². The number of nitrogens with one attached hydrogen (secondary N) is 1. The molecule has 0 aliphatic heterocycles. The molecule has 0 unspecified atom stereocenters. The third kappa shape index (κ3) is 5.81. The maximum absolute atomic E-state index is 14.0. The molecule has 2 rings (SSSR count). The van der Waals surface area contributed by atoms with Crippen molar-refractivity contribution in [2.24, 2.45) is 0 Å². The lowest BCUT2D eigenvalue weighted by Crippen LogP contribution is -2.49. The number of hydrogen-bond acceptors (Lipinski definition) is 3. The van der Waals surface area contributed by atoms with Gasteiger partial charge in [-0.15, -0.1) is 0 Å². The number of carbonyl (C=O) groups excluding carboxylic acids is 2. The highest BCUT2D eigenvalue weighted by atomic mass is 19.1. The highest BCUT2D eigenvalue weighted by molar-refractivity contribution is 5.87. The van der Waals surface area contributed by atoms with Gasteiger partial charge in [0.1, 0.15) is 17.6 Å². The molecule has 2 amide bonds. The number of amides is 2. The van der Waals surface area contributed by atoms with E-state index in [0.717, 1.165) is 5.56 Å². The first kappa shape index (κ1) is 20.4. The van der Waals surface area contributed by atoms with E-state index in [1.807, 2.05) is 19.1 Å².